The predicted octanol–water partition coefficient (Wildman–Crippen LogP) is 4.64. The summed E-state index contributed by atoms with van der Waals surface area (Å²) in [7, 11) is 0. The molecule has 0 unspecified atom stereocenters. The number of rotatable bonds is 9. The van der Waals surface area contributed by atoms with Crippen LogP contribution in [0.25, 0.3) is 0 Å². The first-order valence-electron chi connectivity index (χ1n) is 10.8. The van der Waals surface area contributed by atoms with Crippen LogP contribution < -0.4 is 25.5 Å². The van der Waals surface area contributed by atoms with Crippen molar-refractivity contribution in [2.24, 2.45) is 5.10 Å². The van der Waals surface area contributed by atoms with Crippen LogP contribution in [0.2, 0.25) is 10.0 Å². The summed E-state index contributed by atoms with van der Waals surface area (Å²) in [6.07, 6.45) is 1.30. The highest BCUT2D eigenvalue weighted by molar-refractivity contribution is 6.42. The summed E-state index contributed by atoms with van der Waals surface area (Å²) in [6.45, 7) is 1.81. The lowest BCUT2D eigenvalue weighted by molar-refractivity contribution is -0.136. The number of nitrogens with one attached hydrogen (secondary N) is 3. The standard InChI is InChI=1S/C25H21Cl2FN4O5/c1-2-36-22-11-15(13-29-32-25(35)24(34)31-17-6-4-16(28)5-7-17)3-10-21(22)37-14-23(33)30-18-8-9-19(26)20(27)12-18/h3-13H,2,14H2,1H3,(H,30,33)(H,31,34)(H,32,35)/b29-13-. The van der Waals surface area contributed by atoms with Gasteiger partial charge in [-0.15, -0.1) is 0 Å². The average Bonchev–Trinajstić information content (AvgIpc) is 2.87. The van der Waals surface area contributed by atoms with Crippen molar-refractivity contribution in [2.45, 2.75) is 6.92 Å². The zero-order chi connectivity index (χ0) is 26.8. The number of anilines is 2. The van der Waals surface area contributed by atoms with Gasteiger partial charge in [0.05, 0.1) is 22.9 Å². The van der Waals surface area contributed by atoms with Crippen molar-refractivity contribution in [2.75, 3.05) is 23.8 Å². The van der Waals surface area contributed by atoms with E-state index in [4.69, 9.17) is 32.7 Å². The zero-order valence-electron chi connectivity index (χ0n) is 19.4. The van der Waals surface area contributed by atoms with E-state index in [-0.39, 0.29) is 12.3 Å². The van der Waals surface area contributed by atoms with Crippen LogP contribution in [0.4, 0.5) is 15.8 Å². The molecule has 3 aromatic rings. The Balaban J connectivity index is 1.55. The Labute approximate surface area is 221 Å². The number of benzene rings is 3. The molecule has 0 heterocycles. The molecule has 0 aliphatic heterocycles. The highest BCUT2D eigenvalue weighted by Crippen LogP contribution is 2.28. The summed E-state index contributed by atoms with van der Waals surface area (Å²) in [5.74, 6) is -2.23. The van der Waals surface area contributed by atoms with Crippen molar-refractivity contribution in [3.63, 3.8) is 0 Å². The molecule has 0 aliphatic rings. The lowest BCUT2D eigenvalue weighted by atomic mass is 10.2. The van der Waals surface area contributed by atoms with Crippen LogP contribution in [0.15, 0.2) is 65.8 Å². The first-order chi connectivity index (χ1) is 17.7. The average molecular weight is 547 g/mol. The SMILES string of the molecule is CCOc1cc(/C=N\NC(=O)C(=O)Nc2ccc(F)cc2)ccc1OCC(=O)Nc1ccc(Cl)c(Cl)c1. The maximum Gasteiger partial charge on any atom is 0.329 e. The van der Waals surface area contributed by atoms with Gasteiger partial charge in [0, 0.05) is 11.4 Å². The van der Waals surface area contributed by atoms with Crippen LogP contribution in [0, 0.1) is 5.82 Å². The predicted molar refractivity (Wildman–Crippen MR) is 139 cm³/mol. The van der Waals surface area contributed by atoms with Crippen LogP contribution in [-0.4, -0.2) is 37.1 Å². The van der Waals surface area contributed by atoms with Gasteiger partial charge < -0.3 is 20.1 Å². The second-order valence-electron chi connectivity index (χ2n) is 7.27. The molecule has 9 nitrogen and oxygen atoms in total. The molecular formula is C25H21Cl2FN4O5. The van der Waals surface area contributed by atoms with E-state index in [9.17, 15) is 18.8 Å². The number of hydrazone groups is 1. The van der Waals surface area contributed by atoms with Gasteiger partial charge in [0.25, 0.3) is 5.91 Å². The van der Waals surface area contributed by atoms with Crippen LogP contribution in [-0.2, 0) is 14.4 Å². The molecule has 0 spiro atoms. The molecule has 3 rings (SSSR count). The maximum atomic E-state index is 12.9. The number of carbonyl (C=O) groups is 3. The van der Waals surface area contributed by atoms with Gasteiger partial charge in [0.2, 0.25) is 0 Å². The van der Waals surface area contributed by atoms with Crippen molar-refractivity contribution < 1.29 is 28.2 Å². The van der Waals surface area contributed by atoms with E-state index in [0.717, 1.165) is 12.1 Å². The van der Waals surface area contributed by atoms with Crippen molar-refractivity contribution in [1.29, 1.82) is 0 Å². The molecule has 0 saturated heterocycles. The Morgan fingerprint density at radius 1 is 0.865 bits per heavy atom. The molecule has 0 aliphatic carbocycles. The fourth-order valence-corrected chi connectivity index (χ4v) is 3.14. The van der Waals surface area contributed by atoms with E-state index in [1.165, 1.54) is 24.4 Å². The highest BCUT2D eigenvalue weighted by atomic mass is 35.5. The van der Waals surface area contributed by atoms with Crippen LogP contribution >= 0.6 is 23.2 Å². The number of halogens is 3. The highest BCUT2D eigenvalue weighted by Gasteiger charge is 2.13. The number of ether oxygens (including phenoxy) is 2. The van der Waals surface area contributed by atoms with E-state index in [2.05, 4.69) is 21.2 Å². The summed E-state index contributed by atoms with van der Waals surface area (Å²) in [4.78, 5) is 36.1. The number of carbonyl (C=O) groups excluding carboxylic acids is 3. The molecule has 3 aromatic carbocycles. The summed E-state index contributed by atoms with van der Waals surface area (Å²) >= 11 is 11.8. The summed E-state index contributed by atoms with van der Waals surface area (Å²) in [5.41, 5.74) is 3.35. The molecule has 3 N–H and O–H groups in total. The van der Waals surface area contributed by atoms with E-state index in [1.54, 1.807) is 37.3 Å². The van der Waals surface area contributed by atoms with E-state index in [1.807, 2.05) is 0 Å². The minimum atomic E-state index is -1.02. The van der Waals surface area contributed by atoms with Crippen LogP contribution in [0.5, 0.6) is 11.5 Å². The van der Waals surface area contributed by atoms with Gasteiger partial charge in [0.15, 0.2) is 18.1 Å². The normalized spacial score (nSPS) is 10.6. The Morgan fingerprint density at radius 2 is 1.59 bits per heavy atom. The molecule has 0 fully saturated rings. The lowest BCUT2D eigenvalue weighted by Gasteiger charge is -2.13. The third kappa shape index (κ3) is 8.48. The first-order valence-corrected chi connectivity index (χ1v) is 11.5. The molecule has 12 heteroatoms. The third-order valence-electron chi connectivity index (χ3n) is 4.52. The second-order valence-corrected chi connectivity index (χ2v) is 8.08. The number of hydrogen-bond acceptors (Lipinski definition) is 6. The quantitative estimate of drug-likeness (QED) is 0.205. The van der Waals surface area contributed by atoms with Gasteiger partial charge in [-0.2, -0.15) is 5.10 Å². The molecule has 0 radical (unpaired) electrons. The molecule has 0 aromatic heterocycles. The molecule has 0 atom stereocenters. The van der Waals surface area contributed by atoms with Crippen LogP contribution in [0.3, 0.4) is 0 Å². The Morgan fingerprint density at radius 3 is 2.30 bits per heavy atom. The molecule has 3 amide bonds. The van der Waals surface area contributed by atoms with E-state index < -0.39 is 23.5 Å². The number of hydrogen-bond donors (Lipinski definition) is 3. The number of nitrogens with zero attached hydrogens (tertiary/aromatic N) is 1. The largest absolute Gasteiger partial charge is 0.490 e. The van der Waals surface area contributed by atoms with Crippen molar-refractivity contribution in [3.8, 4) is 11.5 Å². The monoisotopic (exact) mass is 546 g/mol. The second kappa shape index (κ2) is 13.2. The first kappa shape index (κ1) is 27.4. The Bertz CT molecular complexity index is 1320. The maximum absolute atomic E-state index is 12.9. The summed E-state index contributed by atoms with van der Waals surface area (Å²) in [5, 5.41) is 9.40. The van der Waals surface area contributed by atoms with E-state index in [0.29, 0.717) is 39.4 Å². The summed E-state index contributed by atoms with van der Waals surface area (Å²) in [6, 6.07) is 14.4. The molecule has 0 bridgehead atoms. The van der Waals surface area contributed by atoms with E-state index >= 15 is 0 Å². The smallest absolute Gasteiger partial charge is 0.329 e. The fraction of sp³-hybridized carbons (Fsp3) is 0.120. The molecule has 192 valence electrons. The van der Waals surface area contributed by atoms with Gasteiger partial charge in [-0.25, -0.2) is 9.82 Å². The molecular weight excluding hydrogens is 526 g/mol. The Hall–Kier alpha value is -4.15. The molecule has 37 heavy (non-hydrogen) atoms. The minimum Gasteiger partial charge on any atom is -0.490 e. The molecule has 0 saturated carbocycles. The lowest BCUT2D eigenvalue weighted by Crippen LogP contribution is -2.32. The van der Waals surface area contributed by atoms with Gasteiger partial charge in [-0.05, 0) is 73.2 Å². The minimum absolute atomic E-state index is 0.258. The number of amides is 3. The third-order valence-corrected chi connectivity index (χ3v) is 5.26. The van der Waals surface area contributed by atoms with Gasteiger partial charge in [-0.3, -0.25) is 14.4 Å². The van der Waals surface area contributed by atoms with Crippen molar-refractivity contribution in [3.05, 3.63) is 82.1 Å². The van der Waals surface area contributed by atoms with Crippen LogP contribution in [0.1, 0.15) is 12.5 Å². The zero-order valence-corrected chi connectivity index (χ0v) is 20.9. The fourth-order valence-electron chi connectivity index (χ4n) is 2.84. The van der Waals surface area contributed by atoms with Crippen molar-refractivity contribution in [1.82, 2.24) is 5.43 Å². The van der Waals surface area contributed by atoms with Gasteiger partial charge in [-0.1, -0.05) is 23.2 Å². The Kier molecular flexibility index (Phi) is 9.82. The van der Waals surface area contributed by atoms with Gasteiger partial charge >= 0.3 is 11.8 Å². The summed E-state index contributed by atoms with van der Waals surface area (Å²) < 4.78 is 24.1. The topological polar surface area (TPSA) is 118 Å². The van der Waals surface area contributed by atoms with Gasteiger partial charge in [0.1, 0.15) is 5.82 Å². The van der Waals surface area contributed by atoms with Crippen molar-refractivity contribution >= 4 is 58.5 Å².